The average molecular weight is 422 g/mol. The Balaban J connectivity index is 1.34. The van der Waals surface area contributed by atoms with Gasteiger partial charge in [0.15, 0.2) is 0 Å². The first-order valence-corrected chi connectivity index (χ1v) is 11.9. The van der Waals surface area contributed by atoms with Gasteiger partial charge in [-0.25, -0.2) is 0 Å². The van der Waals surface area contributed by atoms with Crippen molar-refractivity contribution in [3.63, 3.8) is 0 Å². The minimum Gasteiger partial charge on any atom is -0.368 e. The molecule has 1 unspecified atom stereocenters. The number of benzene rings is 2. The van der Waals surface area contributed by atoms with Crippen LogP contribution in [0.25, 0.3) is 21.8 Å². The van der Waals surface area contributed by atoms with Crippen molar-refractivity contribution in [3.05, 3.63) is 66.0 Å². The minimum atomic E-state index is 0.145. The molecule has 4 aromatic rings. The van der Waals surface area contributed by atoms with Crippen molar-refractivity contribution in [3.8, 4) is 6.07 Å². The molecule has 1 aliphatic carbocycles. The molecule has 5 nitrogen and oxygen atoms in total. The van der Waals surface area contributed by atoms with Gasteiger partial charge in [-0.05, 0) is 67.6 Å². The molecule has 3 aliphatic heterocycles. The maximum Gasteiger partial charge on any atom is 0.0991 e. The lowest BCUT2D eigenvalue weighted by Gasteiger charge is -2.62. The van der Waals surface area contributed by atoms with Gasteiger partial charge in [-0.15, -0.1) is 0 Å². The van der Waals surface area contributed by atoms with Crippen molar-refractivity contribution in [2.45, 2.75) is 43.2 Å². The van der Waals surface area contributed by atoms with Gasteiger partial charge in [0, 0.05) is 77.0 Å². The quantitative estimate of drug-likeness (QED) is 0.484. The summed E-state index contributed by atoms with van der Waals surface area (Å²) in [5.41, 5.74) is 6.04. The number of piperidine rings is 2. The fraction of sp³-hybridized carbons (Fsp3) is 0.370. The molecule has 5 heteroatoms. The Hall–Kier alpha value is -3.23. The van der Waals surface area contributed by atoms with Crippen LogP contribution in [0.1, 0.15) is 36.8 Å². The third-order valence-electron chi connectivity index (χ3n) is 8.64. The Morgan fingerprint density at radius 3 is 2.72 bits per heavy atom. The highest BCUT2D eigenvalue weighted by Crippen LogP contribution is 2.53. The van der Waals surface area contributed by atoms with Gasteiger partial charge in [-0.2, -0.15) is 5.26 Å². The van der Waals surface area contributed by atoms with Gasteiger partial charge >= 0.3 is 0 Å². The molecular weight excluding hydrogens is 394 g/mol. The summed E-state index contributed by atoms with van der Waals surface area (Å²) in [6.07, 6.45) is 9.35. The number of rotatable bonds is 2. The van der Waals surface area contributed by atoms with Crippen LogP contribution in [-0.2, 0) is 5.41 Å². The van der Waals surface area contributed by atoms with E-state index in [4.69, 9.17) is 0 Å². The standard InChI is InChI=1S/C27H27N5/c28-15-18-4-5-24-21(14-18)22(16-30-24)27-9-6-19(7-10-27)32-13-12-31(17-26(27)32)25-3-1-2-23-20(25)8-11-29-23/h1-5,8,11,14,16,19,26,29-30H,6-7,9-10,12-13,17H2. The maximum absolute atomic E-state index is 9.50. The Morgan fingerprint density at radius 2 is 1.84 bits per heavy atom. The minimum absolute atomic E-state index is 0.145. The molecule has 0 amide bonds. The van der Waals surface area contributed by atoms with E-state index in [1.54, 1.807) is 0 Å². The number of piperazine rings is 1. The highest BCUT2D eigenvalue weighted by atomic mass is 15.3. The molecule has 2 N–H and O–H groups in total. The summed E-state index contributed by atoms with van der Waals surface area (Å²) in [6.45, 7) is 3.27. The lowest BCUT2D eigenvalue weighted by Crippen LogP contribution is -2.69. The van der Waals surface area contributed by atoms with E-state index in [1.165, 1.54) is 53.2 Å². The normalized spacial score (nSPS) is 27.7. The van der Waals surface area contributed by atoms with E-state index in [0.717, 1.165) is 36.8 Å². The van der Waals surface area contributed by atoms with Crippen molar-refractivity contribution in [2.75, 3.05) is 24.5 Å². The SMILES string of the molecule is N#Cc1ccc2[nH]cc(C34CCC(CC3)N3CCN(c5cccc6[nH]ccc56)CC34)c2c1. The highest BCUT2D eigenvalue weighted by Gasteiger charge is 2.55. The van der Waals surface area contributed by atoms with E-state index < -0.39 is 0 Å². The van der Waals surface area contributed by atoms with Crippen LogP contribution in [0.15, 0.2) is 54.9 Å². The second-order valence-corrected chi connectivity index (χ2v) is 9.88. The summed E-state index contributed by atoms with van der Waals surface area (Å²) in [7, 11) is 0. The van der Waals surface area contributed by atoms with Gasteiger partial charge in [0.25, 0.3) is 0 Å². The number of aromatic amines is 2. The van der Waals surface area contributed by atoms with Crippen molar-refractivity contribution in [2.24, 2.45) is 0 Å². The van der Waals surface area contributed by atoms with E-state index >= 15 is 0 Å². The first-order valence-electron chi connectivity index (χ1n) is 11.9. The van der Waals surface area contributed by atoms with E-state index in [9.17, 15) is 5.26 Å². The molecular formula is C27H27N5. The Morgan fingerprint density at radius 1 is 0.969 bits per heavy atom. The van der Waals surface area contributed by atoms with Gasteiger partial charge in [-0.3, -0.25) is 4.90 Å². The zero-order valence-corrected chi connectivity index (χ0v) is 18.1. The fourth-order valence-corrected chi connectivity index (χ4v) is 7.12. The molecule has 2 bridgehead atoms. The number of hydrogen-bond acceptors (Lipinski definition) is 3. The zero-order valence-electron chi connectivity index (χ0n) is 18.1. The van der Waals surface area contributed by atoms with Crippen LogP contribution in [0.3, 0.4) is 0 Å². The number of fused-ring (bicyclic) bond motifs is 4. The summed E-state index contributed by atoms with van der Waals surface area (Å²) in [5, 5.41) is 12.1. The van der Waals surface area contributed by atoms with E-state index in [0.29, 0.717) is 6.04 Å². The lowest BCUT2D eigenvalue weighted by molar-refractivity contribution is -0.0401. The van der Waals surface area contributed by atoms with Crippen LogP contribution in [0, 0.1) is 11.3 Å². The van der Waals surface area contributed by atoms with Crippen molar-refractivity contribution >= 4 is 27.5 Å². The monoisotopic (exact) mass is 421 g/mol. The molecule has 0 spiro atoms. The second-order valence-electron chi connectivity index (χ2n) is 9.88. The summed E-state index contributed by atoms with van der Waals surface area (Å²) in [5.74, 6) is 0. The number of hydrogen-bond donors (Lipinski definition) is 2. The third-order valence-corrected chi connectivity index (χ3v) is 8.64. The number of nitrogens with one attached hydrogen (secondary N) is 2. The first-order chi connectivity index (χ1) is 15.8. The van der Waals surface area contributed by atoms with Gasteiger partial charge in [0.2, 0.25) is 0 Å². The van der Waals surface area contributed by atoms with Crippen LogP contribution in [0.4, 0.5) is 5.69 Å². The molecule has 5 heterocycles. The molecule has 1 saturated carbocycles. The zero-order chi connectivity index (χ0) is 21.3. The second kappa shape index (κ2) is 6.63. The predicted molar refractivity (Wildman–Crippen MR) is 128 cm³/mol. The van der Waals surface area contributed by atoms with Gasteiger partial charge < -0.3 is 14.9 Å². The largest absolute Gasteiger partial charge is 0.368 e. The van der Waals surface area contributed by atoms with Crippen molar-refractivity contribution in [1.82, 2.24) is 14.9 Å². The Kier molecular flexibility index (Phi) is 3.80. The van der Waals surface area contributed by atoms with Gasteiger partial charge in [0.1, 0.15) is 0 Å². The molecule has 8 rings (SSSR count). The van der Waals surface area contributed by atoms with Crippen molar-refractivity contribution in [1.29, 1.82) is 5.26 Å². The van der Waals surface area contributed by atoms with E-state index in [1.807, 2.05) is 12.3 Å². The topological polar surface area (TPSA) is 61.9 Å². The Bertz CT molecular complexity index is 1360. The Labute approximate surface area is 187 Å². The summed E-state index contributed by atoms with van der Waals surface area (Å²) >= 11 is 0. The number of nitrogens with zero attached hydrogens (tertiary/aromatic N) is 3. The molecule has 4 aliphatic rings. The molecule has 3 saturated heterocycles. The molecule has 0 radical (unpaired) electrons. The number of H-pyrrole nitrogens is 2. The molecule has 1 atom stereocenters. The van der Waals surface area contributed by atoms with Crippen molar-refractivity contribution < 1.29 is 0 Å². The number of aromatic nitrogens is 2. The molecule has 2 aromatic carbocycles. The van der Waals surface area contributed by atoms with Gasteiger partial charge in [0.05, 0.1) is 11.6 Å². The molecule has 32 heavy (non-hydrogen) atoms. The smallest absolute Gasteiger partial charge is 0.0991 e. The molecule has 160 valence electrons. The van der Waals surface area contributed by atoms with Gasteiger partial charge in [-0.1, -0.05) is 6.07 Å². The summed E-state index contributed by atoms with van der Waals surface area (Å²) < 4.78 is 0. The van der Waals surface area contributed by atoms with Crippen LogP contribution < -0.4 is 4.90 Å². The van der Waals surface area contributed by atoms with E-state index in [-0.39, 0.29) is 5.41 Å². The third kappa shape index (κ3) is 2.42. The van der Waals surface area contributed by atoms with Crippen LogP contribution in [-0.4, -0.2) is 46.6 Å². The molecule has 2 aromatic heterocycles. The van der Waals surface area contributed by atoms with Crippen LogP contribution in [0.5, 0.6) is 0 Å². The summed E-state index contributed by atoms with van der Waals surface area (Å²) in [6, 6.07) is 18.5. The summed E-state index contributed by atoms with van der Waals surface area (Å²) in [4.78, 5) is 12.3. The van der Waals surface area contributed by atoms with Crippen LogP contribution in [0.2, 0.25) is 0 Å². The number of nitriles is 1. The predicted octanol–water partition coefficient (Wildman–Crippen LogP) is 4.91. The number of anilines is 1. The van der Waals surface area contributed by atoms with Crippen LogP contribution >= 0.6 is 0 Å². The lowest BCUT2D eigenvalue weighted by atomic mass is 9.58. The fourth-order valence-electron chi connectivity index (χ4n) is 7.12. The molecule has 4 fully saturated rings. The average Bonchev–Trinajstić information content (AvgIpc) is 3.51. The maximum atomic E-state index is 9.50. The first kappa shape index (κ1) is 18.4. The highest BCUT2D eigenvalue weighted by molar-refractivity contribution is 5.92. The van der Waals surface area contributed by atoms with E-state index in [2.05, 4.69) is 68.4 Å².